The molecule has 0 bridgehead atoms. The zero-order valence-electron chi connectivity index (χ0n) is 10.1. The molecule has 0 fully saturated rings. The third kappa shape index (κ3) is 2.34. The molecule has 2 N–H and O–H groups in total. The van der Waals surface area contributed by atoms with Crippen molar-refractivity contribution in [3.63, 3.8) is 0 Å². The summed E-state index contributed by atoms with van der Waals surface area (Å²) in [5.74, 6) is 1.07. The molecule has 1 atom stereocenters. The Morgan fingerprint density at radius 2 is 2.24 bits per heavy atom. The number of rotatable bonds is 4. The van der Waals surface area contributed by atoms with Gasteiger partial charge in [0, 0.05) is 18.0 Å². The Bertz CT molecular complexity index is 495. The van der Waals surface area contributed by atoms with Crippen LogP contribution in [0.4, 0.5) is 0 Å². The molecule has 5 heteroatoms. The van der Waals surface area contributed by atoms with Crippen LogP contribution in [0.1, 0.15) is 37.8 Å². The van der Waals surface area contributed by atoms with Gasteiger partial charge in [0.05, 0.1) is 6.04 Å². The second-order valence-electron chi connectivity index (χ2n) is 3.86. The smallest absolute Gasteiger partial charge is 0.243 e. The molecule has 17 heavy (non-hydrogen) atoms. The molecule has 0 aliphatic heterocycles. The molecule has 0 aliphatic carbocycles. The van der Waals surface area contributed by atoms with E-state index in [-0.39, 0.29) is 6.04 Å². The minimum Gasteiger partial charge on any atom is -0.337 e. The first-order valence-corrected chi connectivity index (χ1v) is 5.78. The molecule has 0 unspecified atom stereocenters. The zero-order chi connectivity index (χ0) is 12.3. The van der Waals surface area contributed by atoms with Gasteiger partial charge in [-0.1, -0.05) is 19.0 Å². The fourth-order valence-corrected chi connectivity index (χ4v) is 1.60. The number of nitrogens with two attached hydrogens (primary N) is 1. The molecule has 0 saturated carbocycles. The predicted molar refractivity (Wildman–Crippen MR) is 64.1 cm³/mol. The van der Waals surface area contributed by atoms with Crippen LogP contribution in [0.15, 0.2) is 23.0 Å². The van der Waals surface area contributed by atoms with Crippen molar-refractivity contribution in [3.05, 3.63) is 29.9 Å². The highest BCUT2D eigenvalue weighted by Gasteiger charge is 2.15. The van der Waals surface area contributed by atoms with E-state index in [4.69, 9.17) is 10.3 Å². The Labute approximate surface area is 100 Å². The quantitative estimate of drug-likeness (QED) is 0.873. The molecule has 2 heterocycles. The summed E-state index contributed by atoms with van der Waals surface area (Å²) >= 11 is 0. The van der Waals surface area contributed by atoms with E-state index in [0.29, 0.717) is 11.7 Å². The molecule has 2 aromatic rings. The van der Waals surface area contributed by atoms with Crippen LogP contribution in [0.3, 0.4) is 0 Å². The minimum atomic E-state index is -0.192. The third-order valence-corrected chi connectivity index (χ3v) is 2.72. The van der Waals surface area contributed by atoms with Crippen molar-refractivity contribution >= 4 is 0 Å². The Balaban J connectivity index is 2.37. The van der Waals surface area contributed by atoms with Gasteiger partial charge >= 0.3 is 0 Å². The summed E-state index contributed by atoms with van der Waals surface area (Å²) in [6.07, 6.45) is 5.21. The molecule has 0 amide bonds. The van der Waals surface area contributed by atoms with Crippen molar-refractivity contribution in [1.82, 2.24) is 15.1 Å². The predicted octanol–water partition coefficient (Wildman–Crippen LogP) is 2.10. The van der Waals surface area contributed by atoms with Crippen molar-refractivity contribution in [1.29, 1.82) is 0 Å². The van der Waals surface area contributed by atoms with E-state index in [0.717, 1.165) is 24.0 Å². The van der Waals surface area contributed by atoms with Crippen LogP contribution in [0.5, 0.6) is 0 Å². The lowest BCUT2D eigenvalue weighted by molar-refractivity contribution is 0.352. The van der Waals surface area contributed by atoms with Gasteiger partial charge < -0.3 is 10.3 Å². The topological polar surface area (TPSA) is 77.8 Å². The molecular formula is C12H16N4O. The zero-order valence-corrected chi connectivity index (χ0v) is 10.1. The van der Waals surface area contributed by atoms with Crippen LogP contribution in [0.2, 0.25) is 0 Å². The number of hydrogen-bond donors (Lipinski definition) is 1. The summed E-state index contributed by atoms with van der Waals surface area (Å²) in [5.41, 5.74) is 7.91. The largest absolute Gasteiger partial charge is 0.337 e. The summed E-state index contributed by atoms with van der Waals surface area (Å²) in [5, 5.41) is 3.97. The van der Waals surface area contributed by atoms with Gasteiger partial charge in [0.25, 0.3) is 0 Å². The Morgan fingerprint density at radius 3 is 2.94 bits per heavy atom. The molecule has 0 spiro atoms. The molecule has 0 radical (unpaired) electrons. The molecular weight excluding hydrogens is 216 g/mol. The molecule has 0 saturated heterocycles. The average Bonchev–Trinajstić information content (AvgIpc) is 2.87. The maximum atomic E-state index is 5.85. The Morgan fingerprint density at radius 1 is 1.41 bits per heavy atom. The van der Waals surface area contributed by atoms with E-state index in [9.17, 15) is 0 Å². The standard InChI is InChI=1S/C12H16N4O/c1-3-8-7-14-6-5-9(8)11-15-12(17-16-11)10(13)4-2/h5-7,10H,3-4,13H2,1-2H3/t10-/m1/s1. The lowest BCUT2D eigenvalue weighted by atomic mass is 10.1. The molecule has 5 nitrogen and oxygen atoms in total. The van der Waals surface area contributed by atoms with E-state index in [1.807, 2.05) is 19.2 Å². The van der Waals surface area contributed by atoms with Gasteiger partial charge in [0.15, 0.2) is 0 Å². The van der Waals surface area contributed by atoms with E-state index in [1.54, 1.807) is 6.20 Å². The average molecular weight is 232 g/mol. The summed E-state index contributed by atoms with van der Waals surface area (Å²) in [7, 11) is 0. The van der Waals surface area contributed by atoms with Crippen LogP contribution >= 0.6 is 0 Å². The van der Waals surface area contributed by atoms with Gasteiger partial charge in [-0.25, -0.2) is 0 Å². The van der Waals surface area contributed by atoms with E-state index in [1.165, 1.54) is 0 Å². The molecule has 0 aliphatic rings. The van der Waals surface area contributed by atoms with Crippen LogP contribution < -0.4 is 5.73 Å². The van der Waals surface area contributed by atoms with E-state index < -0.39 is 0 Å². The first-order chi connectivity index (χ1) is 8.26. The van der Waals surface area contributed by atoms with Crippen LogP contribution in [-0.4, -0.2) is 15.1 Å². The minimum absolute atomic E-state index is 0.192. The van der Waals surface area contributed by atoms with Crippen molar-refractivity contribution in [3.8, 4) is 11.4 Å². The number of aromatic nitrogens is 3. The molecule has 90 valence electrons. The highest BCUT2D eigenvalue weighted by atomic mass is 16.5. The van der Waals surface area contributed by atoms with Crippen molar-refractivity contribution in [2.45, 2.75) is 32.7 Å². The van der Waals surface area contributed by atoms with E-state index in [2.05, 4.69) is 22.0 Å². The Hall–Kier alpha value is -1.75. The number of pyridine rings is 1. The second kappa shape index (κ2) is 5.05. The SMILES string of the molecule is CCc1cnccc1-c1noc([C@H](N)CC)n1. The fraction of sp³-hybridized carbons (Fsp3) is 0.417. The molecule has 0 aromatic carbocycles. The van der Waals surface area contributed by atoms with E-state index >= 15 is 0 Å². The summed E-state index contributed by atoms with van der Waals surface area (Å²) in [6.45, 7) is 4.05. The first-order valence-electron chi connectivity index (χ1n) is 5.78. The van der Waals surface area contributed by atoms with Gasteiger partial charge in [-0.05, 0) is 24.5 Å². The monoisotopic (exact) mass is 232 g/mol. The highest BCUT2D eigenvalue weighted by Crippen LogP contribution is 2.22. The summed E-state index contributed by atoms with van der Waals surface area (Å²) in [6, 6.07) is 1.70. The van der Waals surface area contributed by atoms with Crippen LogP contribution in [0, 0.1) is 0 Å². The highest BCUT2D eigenvalue weighted by molar-refractivity contribution is 5.58. The summed E-state index contributed by atoms with van der Waals surface area (Å²) in [4.78, 5) is 8.42. The maximum Gasteiger partial charge on any atom is 0.243 e. The molecule has 2 aromatic heterocycles. The number of aryl methyl sites for hydroxylation is 1. The molecule has 2 rings (SSSR count). The summed E-state index contributed by atoms with van der Waals surface area (Å²) < 4.78 is 5.16. The number of nitrogens with zero attached hydrogens (tertiary/aromatic N) is 3. The Kier molecular flexibility index (Phi) is 3.49. The first kappa shape index (κ1) is 11.7. The number of hydrogen-bond acceptors (Lipinski definition) is 5. The van der Waals surface area contributed by atoms with Gasteiger partial charge in [0.1, 0.15) is 0 Å². The van der Waals surface area contributed by atoms with Crippen LogP contribution in [-0.2, 0) is 6.42 Å². The normalized spacial score (nSPS) is 12.6. The van der Waals surface area contributed by atoms with Crippen molar-refractivity contribution in [2.24, 2.45) is 5.73 Å². The van der Waals surface area contributed by atoms with Crippen LogP contribution in [0.25, 0.3) is 11.4 Å². The lowest BCUT2D eigenvalue weighted by Crippen LogP contribution is -2.08. The lowest BCUT2D eigenvalue weighted by Gasteiger charge is -2.01. The van der Waals surface area contributed by atoms with Gasteiger partial charge in [0.2, 0.25) is 11.7 Å². The van der Waals surface area contributed by atoms with Gasteiger partial charge in [-0.2, -0.15) is 4.98 Å². The fourth-order valence-electron chi connectivity index (χ4n) is 1.60. The van der Waals surface area contributed by atoms with Crippen molar-refractivity contribution < 1.29 is 4.52 Å². The maximum absolute atomic E-state index is 5.85. The van der Waals surface area contributed by atoms with Gasteiger partial charge in [-0.15, -0.1) is 0 Å². The van der Waals surface area contributed by atoms with Crippen molar-refractivity contribution in [2.75, 3.05) is 0 Å². The second-order valence-corrected chi connectivity index (χ2v) is 3.86. The van der Waals surface area contributed by atoms with Gasteiger partial charge in [-0.3, -0.25) is 4.98 Å². The third-order valence-electron chi connectivity index (χ3n) is 2.72.